The second-order valence-electron chi connectivity index (χ2n) is 7.05. The number of hydrogen-bond donors (Lipinski definition) is 1. The SMILES string of the molecule is C=CC(=O)N1CCC[C@H](N(C)c2cnc3[nH]cc(-c4ccccc4)c3c2)C1. The number of piperidine rings is 1. The van der Waals surface area contributed by atoms with E-state index in [0.29, 0.717) is 0 Å². The van der Waals surface area contributed by atoms with E-state index in [2.05, 4.69) is 46.7 Å². The molecule has 0 radical (unpaired) electrons. The molecule has 4 rings (SSSR count). The molecule has 0 spiro atoms. The third-order valence-electron chi connectivity index (χ3n) is 5.44. The van der Waals surface area contributed by atoms with Crippen LogP contribution in [0.2, 0.25) is 0 Å². The lowest BCUT2D eigenvalue weighted by molar-refractivity contribution is -0.127. The highest BCUT2D eigenvalue weighted by atomic mass is 16.2. The smallest absolute Gasteiger partial charge is 0.246 e. The molecule has 138 valence electrons. The lowest BCUT2D eigenvalue weighted by atomic mass is 10.0. The fraction of sp³-hybridized carbons (Fsp3) is 0.273. The predicted octanol–water partition coefficient (Wildman–Crippen LogP) is 3.84. The maximum Gasteiger partial charge on any atom is 0.246 e. The molecule has 1 amide bonds. The molecule has 1 saturated heterocycles. The molecule has 5 heteroatoms. The molecule has 1 N–H and O–H groups in total. The van der Waals surface area contributed by atoms with Crippen molar-refractivity contribution in [3.63, 3.8) is 0 Å². The molecule has 1 fully saturated rings. The Morgan fingerprint density at radius 2 is 2.19 bits per heavy atom. The molecule has 5 nitrogen and oxygen atoms in total. The van der Waals surface area contributed by atoms with Crippen LogP contribution in [0.3, 0.4) is 0 Å². The summed E-state index contributed by atoms with van der Waals surface area (Å²) in [5.41, 5.74) is 4.28. The van der Waals surface area contributed by atoms with Crippen molar-refractivity contribution in [1.82, 2.24) is 14.9 Å². The number of carbonyl (C=O) groups excluding carboxylic acids is 1. The van der Waals surface area contributed by atoms with Crippen molar-refractivity contribution in [2.45, 2.75) is 18.9 Å². The largest absolute Gasteiger partial charge is 0.369 e. The Hall–Kier alpha value is -3.08. The van der Waals surface area contributed by atoms with E-state index < -0.39 is 0 Å². The Bertz CT molecular complexity index is 963. The first-order valence-electron chi connectivity index (χ1n) is 9.34. The van der Waals surface area contributed by atoms with Gasteiger partial charge in [0.1, 0.15) is 5.65 Å². The van der Waals surface area contributed by atoms with Crippen LogP contribution in [0.15, 0.2) is 61.4 Å². The lowest BCUT2D eigenvalue weighted by Crippen LogP contribution is -2.48. The second kappa shape index (κ2) is 7.27. The van der Waals surface area contributed by atoms with E-state index >= 15 is 0 Å². The van der Waals surface area contributed by atoms with Crippen LogP contribution in [0.25, 0.3) is 22.2 Å². The van der Waals surface area contributed by atoms with E-state index in [4.69, 9.17) is 0 Å². The van der Waals surface area contributed by atoms with Crippen molar-refractivity contribution in [2.24, 2.45) is 0 Å². The van der Waals surface area contributed by atoms with Crippen molar-refractivity contribution in [3.05, 3.63) is 61.4 Å². The van der Waals surface area contributed by atoms with Gasteiger partial charge in [0, 0.05) is 43.3 Å². The minimum absolute atomic E-state index is 0.0127. The van der Waals surface area contributed by atoms with Crippen molar-refractivity contribution < 1.29 is 4.79 Å². The number of anilines is 1. The van der Waals surface area contributed by atoms with Crippen LogP contribution >= 0.6 is 0 Å². The van der Waals surface area contributed by atoms with Crippen LogP contribution in [-0.4, -0.2) is 47.0 Å². The van der Waals surface area contributed by atoms with Gasteiger partial charge in [-0.1, -0.05) is 36.9 Å². The minimum Gasteiger partial charge on any atom is -0.369 e. The Kier molecular flexibility index (Phi) is 4.67. The van der Waals surface area contributed by atoms with Gasteiger partial charge in [-0.25, -0.2) is 4.98 Å². The number of benzene rings is 1. The molecule has 2 aromatic heterocycles. The van der Waals surface area contributed by atoms with Gasteiger partial charge in [0.15, 0.2) is 0 Å². The average Bonchev–Trinajstić information content (AvgIpc) is 3.16. The van der Waals surface area contributed by atoms with Crippen LogP contribution in [0.1, 0.15) is 12.8 Å². The van der Waals surface area contributed by atoms with Crippen LogP contribution in [-0.2, 0) is 4.79 Å². The van der Waals surface area contributed by atoms with Gasteiger partial charge in [-0.15, -0.1) is 0 Å². The summed E-state index contributed by atoms with van der Waals surface area (Å²) in [4.78, 5) is 24.0. The highest BCUT2D eigenvalue weighted by molar-refractivity contribution is 5.95. The van der Waals surface area contributed by atoms with Gasteiger partial charge in [-0.3, -0.25) is 4.79 Å². The first-order chi connectivity index (χ1) is 13.2. The summed E-state index contributed by atoms with van der Waals surface area (Å²) in [7, 11) is 2.09. The Labute approximate surface area is 159 Å². The van der Waals surface area contributed by atoms with Crippen LogP contribution < -0.4 is 4.90 Å². The number of aromatic amines is 1. The van der Waals surface area contributed by atoms with Gasteiger partial charge < -0.3 is 14.8 Å². The number of nitrogens with zero attached hydrogens (tertiary/aromatic N) is 3. The molecular weight excluding hydrogens is 336 g/mol. The number of H-pyrrole nitrogens is 1. The predicted molar refractivity (Wildman–Crippen MR) is 110 cm³/mol. The Morgan fingerprint density at radius 3 is 2.96 bits per heavy atom. The average molecular weight is 360 g/mol. The summed E-state index contributed by atoms with van der Waals surface area (Å²) in [6, 6.07) is 12.8. The number of likely N-dealkylation sites (tertiary alicyclic amines) is 1. The van der Waals surface area contributed by atoms with Gasteiger partial charge in [0.05, 0.1) is 11.9 Å². The fourth-order valence-electron chi connectivity index (χ4n) is 3.85. The van der Waals surface area contributed by atoms with Gasteiger partial charge in [0.2, 0.25) is 5.91 Å². The summed E-state index contributed by atoms with van der Waals surface area (Å²) in [6.45, 7) is 5.14. The molecule has 0 bridgehead atoms. The number of fused-ring (bicyclic) bond motifs is 1. The summed E-state index contributed by atoms with van der Waals surface area (Å²) >= 11 is 0. The quantitative estimate of drug-likeness (QED) is 0.719. The molecule has 0 aliphatic carbocycles. The first kappa shape index (κ1) is 17.3. The van der Waals surface area contributed by atoms with Crippen molar-refractivity contribution >= 4 is 22.6 Å². The zero-order chi connectivity index (χ0) is 18.8. The van der Waals surface area contributed by atoms with Crippen LogP contribution in [0.4, 0.5) is 5.69 Å². The number of pyridine rings is 1. The molecular formula is C22H24N4O. The highest BCUT2D eigenvalue weighted by Gasteiger charge is 2.25. The molecule has 1 aromatic carbocycles. The molecule has 3 heterocycles. The third kappa shape index (κ3) is 3.33. The summed E-state index contributed by atoms with van der Waals surface area (Å²) in [6.07, 6.45) is 7.39. The molecule has 3 aromatic rings. The lowest BCUT2D eigenvalue weighted by Gasteiger charge is -2.38. The van der Waals surface area contributed by atoms with E-state index in [1.165, 1.54) is 11.6 Å². The fourth-order valence-corrected chi connectivity index (χ4v) is 3.85. The van der Waals surface area contributed by atoms with Crippen molar-refractivity contribution in [3.8, 4) is 11.1 Å². The Balaban J connectivity index is 1.63. The zero-order valence-electron chi connectivity index (χ0n) is 15.6. The van der Waals surface area contributed by atoms with Gasteiger partial charge in [-0.05, 0) is 30.5 Å². The third-order valence-corrected chi connectivity index (χ3v) is 5.44. The number of rotatable bonds is 4. The molecule has 27 heavy (non-hydrogen) atoms. The highest BCUT2D eigenvalue weighted by Crippen LogP contribution is 2.31. The molecule has 0 unspecified atom stereocenters. The molecule has 0 saturated carbocycles. The summed E-state index contributed by atoms with van der Waals surface area (Å²) < 4.78 is 0. The number of likely N-dealkylation sites (N-methyl/N-ethyl adjacent to an activating group) is 1. The maximum atomic E-state index is 12.0. The number of amides is 1. The normalized spacial score (nSPS) is 17.1. The van der Waals surface area contributed by atoms with Gasteiger partial charge >= 0.3 is 0 Å². The second-order valence-corrected chi connectivity index (χ2v) is 7.05. The molecule has 1 atom stereocenters. The van der Waals surface area contributed by atoms with E-state index in [0.717, 1.165) is 48.2 Å². The first-order valence-corrected chi connectivity index (χ1v) is 9.34. The van der Waals surface area contributed by atoms with E-state index in [1.807, 2.05) is 35.5 Å². The van der Waals surface area contributed by atoms with E-state index in [-0.39, 0.29) is 11.9 Å². The van der Waals surface area contributed by atoms with Crippen LogP contribution in [0, 0.1) is 0 Å². The summed E-state index contributed by atoms with van der Waals surface area (Å²) in [5, 5.41) is 1.11. The maximum absolute atomic E-state index is 12.0. The number of hydrogen-bond acceptors (Lipinski definition) is 3. The zero-order valence-corrected chi connectivity index (χ0v) is 15.6. The Morgan fingerprint density at radius 1 is 1.37 bits per heavy atom. The van der Waals surface area contributed by atoms with E-state index in [1.54, 1.807) is 0 Å². The van der Waals surface area contributed by atoms with Crippen LogP contribution in [0.5, 0.6) is 0 Å². The monoisotopic (exact) mass is 360 g/mol. The number of nitrogens with one attached hydrogen (secondary N) is 1. The molecule has 1 aliphatic rings. The topological polar surface area (TPSA) is 52.2 Å². The molecule has 1 aliphatic heterocycles. The summed E-state index contributed by atoms with van der Waals surface area (Å²) in [5.74, 6) is 0.0127. The van der Waals surface area contributed by atoms with Crippen molar-refractivity contribution in [2.75, 3.05) is 25.0 Å². The minimum atomic E-state index is 0.0127. The van der Waals surface area contributed by atoms with Gasteiger partial charge in [0.25, 0.3) is 0 Å². The van der Waals surface area contributed by atoms with Gasteiger partial charge in [-0.2, -0.15) is 0 Å². The number of aromatic nitrogens is 2. The van der Waals surface area contributed by atoms with E-state index in [9.17, 15) is 4.79 Å². The number of carbonyl (C=O) groups is 1. The van der Waals surface area contributed by atoms with Crippen molar-refractivity contribution in [1.29, 1.82) is 0 Å². The standard InChI is InChI=1S/C22H24N4O/c1-3-21(27)26-11-7-10-17(15-26)25(2)18-12-19-20(14-24-22(19)23-13-18)16-8-5-4-6-9-16/h3-6,8-9,12-14,17H,1,7,10-11,15H2,2H3,(H,23,24)/t17-/m0/s1.